The third kappa shape index (κ3) is 5.89. The Labute approximate surface area is 196 Å². The zero-order chi connectivity index (χ0) is 24.3. The number of hydrogen-bond acceptors (Lipinski definition) is 7. The number of pyridine rings is 1. The molecule has 0 aromatic carbocycles. The van der Waals surface area contributed by atoms with Crippen LogP contribution in [0.25, 0.3) is 17.0 Å². The second-order valence-electron chi connectivity index (χ2n) is 9.12. The van der Waals surface area contributed by atoms with E-state index in [1.165, 1.54) is 12.4 Å². The predicted octanol–water partition coefficient (Wildman–Crippen LogP) is 4.25. The number of carbonyl (C=O) groups is 1. The summed E-state index contributed by atoms with van der Waals surface area (Å²) in [6.45, 7) is 6.00. The predicted molar refractivity (Wildman–Crippen MR) is 122 cm³/mol. The molecule has 3 aromatic rings. The number of carbonyl (C=O) groups excluding carboxylic acids is 1. The van der Waals surface area contributed by atoms with Gasteiger partial charge in [0, 0.05) is 19.1 Å². The number of anilines is 1. The van der Waals surface area contributed by atoms with Gasteiger partial charge in [0.1, 0.15) is 11.4 Å². The van der Waals surface area contributed by atoms with Gasteiger partial charge in [-0.05, 0) is 45.7 Å². The van der Waals surface area contributed by atoms with Gasteiger partial charge in [0.25, 0.3) is 6.43 Å². The lowest BCUT2D eigenvalue weighted by Gasteiger charge is -2.34. The summed E-state index contributed by atoms with van der Waals surface area (Å²) in [6.07, 6.45) is 3.47. The van der Waals surface area contributed by atoms with E-state index in [1.54, 1.807) is 15.5 Å². The highest BCUT2D eigenvalue weighted by molar-refractivity contribution is 5.68. The lowest BCUT2D eigenvalue weighted by Crippen LogP contribution is -2.47. The smallest absolute Gasteiger partial charge is 0.410 e. The van der Waals surface area contributed by atoms with Crippen LogP contribution in [0.2, 0.25) is 0 Å². The highest BCUT2D eigenvalue weighted by Gasteiger charge is 2.27. The average molecular weight is 475 g/mol. The Morgan fingerprint density at radius 2 is 2.09 bits per heavy atom. The number of imidazole rings is 1. The number of nitrogens with one attached hydrogen (secondary N) is 1. The van der Waals surface area contributed by atoms with Crippen LogP contribution in [0.5, 0.6) is 5.88 Å². The molecule has 0 saturated carbocycles. The Morgan fingerprint density at radius 1 is 1.26 bits per heavy atom. The summed E-state index contributed by atoms with van der Waals surface area (Å²) < 4.78 is 37.2. The number of amides is 1. The van der Waals surface area contributed by atoms with E-state index in [2.05, 4.69) is 15.3 Å². The van der Waals surface area contributed by atoms with Gasteiger partial charge < -0.3 is 19.7 Å². The molecule has 4 rings (SSSR count). The summed E-state index contributed by atoms with van der Waals surface area (Å²) in [5.74, 6) is 0.734. The maximum atomic E-state index is 12.5. The molecule has 1 amide bonds. The fraction of sp³-hybridized carbons (Fsp3) is 0.478. The summed E-state index contributed by atoms with van der Waals surface area (Å²) in [4.78, 5) is 27.2. The molecule has 9 nitrogen and oxygen atoms in total. The number of likely N-dealkylation sites (tertiary alicyclic amines) is 1. The maximum Gasteiger partial charge on any atom is 0.410 e. The molecule has 1 fully saturated rings. The summed E-state index contributed by atoms with van der Waals surface area (Å²) in [5.41, 5.74) is 1.31. The van der Waals surface area contributed by atoms with Gasteiger partial charge in [-0.25, -0.2) is 28.5 Å². The van der Waals surface area contributed by atoms with Crippen LogP contribution in [0.1, 0.15) is 33.6 Å². The number of fused-ring (bicyclic) bond motifs is 1. The van der Waals surface area contributed by atoms with Crippen molar-refractivity contribution < 1.29 is 23.0 Å². The normalized spacial score (nSPS) is 16.6. The summed E-state index contributed by atoms with van der Waals surface area (Å²) in [5, 5.41) is 3.41. The Morgan fingerprint density at radius 3 is 2.85 bits per heavy atom. The van der Waals surface area contributed by atoms with E-state index in [0.717, 1.165) is 12.8 Å². The van der Waals surface area contributed by atoms with E-state index in [0.29, 0.717) is 35.9 Å². The van der Waals surface area contributed by atoms with Crippen LogP contribution < -0.4 is 10.1 Å². The van der Waals surface area contributed by atoms with Crippen molar-refractivity contribution in [2.45, 2.75) is 51.7 Å². The van der Waals surface area contributed by atoms with E-state index < -0.39 is 18.6 Å². The van der Waals surface area contributed by atoms with Crippen LogP contribution >= 0.6 is 0 Å². The minimum absolute atomic E-state index is 0.0322. The van der Waals surface area contributed by atoms with Crippen LogP contribution in [0, 0.1) is 0 Å². The van der Waals surface area contributed by atoms with E-state index in [-0.39, 0.29) is 18.0 Å². The standard InChI is InChI=1S/C23H28F2N6O3/c1-23(2,3)34-22(32)30-9-5-6-15(12-30)28-19-8-4-7-16(29-19)17-10-26-20-11-27-21(13-31(17)20)33-14-18(24)25/h4,7-8,10-11,13,15,18H,5-6,9,12,14H2,1-3H3,(H,28,29). The minimum atomic E-state index is -2.59. The molecule has 34 heavy (non-hydrogen) atoms. The molecule has 4 heterocycles. The lowest BCUT2D eigenvalue weighted by atomic mass is 10.1. The monoisotopic (exact) mass is 474 g/mol. The number of halogens is 2. The third-order valence-electron chi connectivity index (χ3n) is 5.17. The number of piperidine rings is 1. The number of nitrogens with zero attached hydrogens (tertiary/aromatic N) is 5. The van der Waals surface area contributed by atoms with Crippen molar-refractivity contribution in [2.75, 3.05) is 25.0 Å². The van der Waals surface area contributed by atoms with Crippen molar-refractivity contribution in [3.63, 3.8) is 0 Å². The molecule has 0 spiro atoms. The summed E-state index contributed by atoms with van der Waals surface area (Å²) in [6, 6.07) is 5.60. The van der Waals surface area contributed by atoms with Crippen molar-refractivity contribution in [3.05, 3.63) is 36.8 Å². The first-order chi connectivity index (χ1) is 16.2. The first-order valence-corrected chi connectivity index (χ1v) is 11.1. The van der Waals surface area contributed by atoms with Gasteiger partial charge in [-0.3, -0.25) is 4.40 Å². The van der Waals surface area contributed by atoms with Crippen molar-refractivity contribution >= 4 is 17.6 Å². The number of aromatic nitrogens is 4. The molecule has 1 aliphatic heterocycles. The maximum absolute atomic E-state index is 12.5. The molecular weight excluding hydrogens is 446 g/mol. The van der Waals surface area contributed by atoms with E-state index in [1.807, 2.05) is 39.0 Å². The topological polar surface area (TPSA) is 93.9 Å². The second-order valence-corrected chi connectivity index (χ2v) is 9.12. The molecule has 1 aliphatic rings. The SMILES string of the molecule is CC(C)(C)OC(=O)N1CCCC(Nc2cccc(-c3cnc4cnc(OCC(F)F)cn34)n2)C1. The van der Waals surface area contributed by atoms with Gasteiger partial charge in [-0.15, -0.1) is 0 Å². The Hall–Kier alpha value is -3.50. The molecule has 182 valence electrons. The van der Waals surface area contributed by atoms with Crippen LogP contribution in [0.15, 0.2) is 36.8 Å². The number of hydrogen-bond donors (Lipinski definition) is 1. The van der Waals surface area contributed by atoms with Gasteiger partial charge >= 0.3 is 6.09 Å². The summed E-state index contributed by atoms with van der Waals surface area (Å²) >= 11 is 0. The molecule has 1 saturated heterocycles. The molecular formula is C23H28F2N6O3. The minimum Gasteiger partial charge on any atom is -0.471 e. The molecule has 11 heteroatoms. The first kappa shape index (κ1) is 23.7. The van der Waals surface area contributed by atoms with Crippen LogP contribution in [0.4, 0.5) is 19.4 Å². The second kappa shape index (κ2) is 9.78. The molecule has 0 radical (unpaired) electrons. The van der Waals surface area contributed by atoms with Crippen LogP contribution in [-0.2, 0) is 4.74 Å². The van der Waals surface area contributed by atoms with Crippen molar-refractivity contribution in [2.24, 2.45) is 0 Å². The number of ether oxygens (including phenoxy) is 2. The van der Waals surface area contributed by atoms with E-state index in [4.69, 9.17) is 14.5 Å². The summed E-state index contributed by atoms with van der Waals surface area (Å²) in [7, 11) is 0. The van der Waals surface area contributed by atoms with Gasteiger partial charge in [0.05, 0.1) is 30.0 Å². The zero-order valence-electron chi connectivity index (χ0n) is 19.4. The Kier molecular flexibility index (Phi) is 6.80. The van der Waals surface area contributed by atoms with Crippen LogP contribution in [-0.4, -0.2) is 68.1 Å². The molecule has 3 aromatic heterocycles. The Bertz CT molecular complexity index is 1150. The van der Waals surface area contributed by atoms with Gasteiger partial charge in [-0.1, -0.05) is 6.07 Å². The highest BCUT2D eigenvalue weighted by Crippen LogP contribution is 2.23. The number of rotatable bonds is 6. The fourth-order valence-corrected chi connectivity index (χ4v) is 3.74. The lowest BCUT2D eigenvalue weighted by molar-refractivity contribution is 0.0206. The first-order valence-electron chi connectivity index (χ1n) is 11.1. The molecule has 1 atom stereocenters. The van der Waals surface area contributed by atoms with Gasteiger partial charge in [-0.2, -0.15) is 0 Å². The van der Waals surface area contributed by atoms with Crippen LogP contribution in [0.3, 0.4) is 0 Å². The highest BCUT2D eigenvalue weighted by atomic mass is 19.3. The molecule has 1 unspecified atom stereocenters. The average Bonchev–Trinajstić information content (AvgIpc) is 3.20. The molecule has 0 aliphatic carbocycles. The van der Waals surface area contributed by atoms with Crippen molar-refractivity contribution in [3.8, 4) is 17.3 Å². The van der Waals surface area contributed by atoms with E-state index in [9.17, 15) is 13.6 Å². The zero-order valence-corrected chi connectivity index (χ0v) is 19.4. The quantitative estimate of drug-likeness (QED) is 0.571. The van der Waals surface area contributed by atoms with Crippen molar-refractivity contribution in [1.29, 1.82) is 0 Å². The van der Waals surface area contributed by atoms with E-state index >= 15 is 0 Å². The molecule has 0 bridgehead atoms. The van der Waals surface area contributed by atoms with Gasteiger partial charge in [0.2, 0.25) is 5.88 Å². The number of alkyl halides is 2. The Balaban J connectivity index is 1.48. The third-order valence-corrected chi connectivity index (χ3v) is 5.17. The fourth-order valence-electron chi connectivity index (χ4n) is 3.74. The van der Waals surface area contributed by atoms with Gasteiger partial charge in [0.15, 0.2) is 12.3 Å². The largest absolute Gasteiger partial charge is 0.471 e. The molecule has 1 N–H and O–H groups in total. The van der Waals surface area contributed by atoms with Crippen molar-refractivity contribution in [1.82, 2.24) is 24.3 Å².